The first-order valence-corrected chi connectivity index (χ1v) is 11.4. The van der Waals surface area contributed by atoms with Crippen molar-refractivity contribution in [3.05, 3.63) is 82.3 Å². The molecule has 0 spiro atoms. The molecule has 31 heavy (non-hydrogen) atoms. The molecule has 2 heterocycles. The van der Waals surface area contributed by atoms with Gasteiger partial charge in [0, 0.05) is 47.2 Å². The first kappa shape index (κ1) is 20.2. The van der Waals surface area contributed by atoms with Crippen LogP contribution in [0.4, 0.5) is 0 Å². The van der Waals surface area contributed by atoms with Gasteiger partial charge in [-0.3, -0.25) is 9.59 Å². The first-order chi connectivity index (χ1) is 15.0. The minimum Gasteiger partial charge on any atom is -0.338 e. The SMILES string of the molecule is NC1CCN(C(=O)c2ccccc2)C1C1CN(C(=O)c2ccc3c(Br)cccc3c2)C1. The van der Waals surface area contributed by atoms with Crippen LogP contribution >= 0.6 is 15.9 Å². The van der Waals surface area contributed by atoms with Crippen LogP contribution in [0.3, 0.4) is 0 Å². The Morgan fingerprint density at radius 1 is 0.903 bits per heavy atom. The second-order valence-electron chi connectivity index (χ2n) is 8.45. The van der Waals surface area contributed by atoms with Gasteiger partial charge in [-0.25, -0.2) is 0 Å². The van der Waals surface area contributed by atoms with E-state index in [9.17, 15) is 9.59 Å². The molecular weight excluding hydrogens is 454 g/mol. The smallest absolute Gasteiger partial charge is 0.254 e. The van der Waals surface area contributed by atoms with Gasteiger partial charge in [-0.15, -0.1) is 0 Å². The number of carbonyl (C=O) groups excluding carboxylic acids is 2. The molecule has 0 aliphatic carbocycles. The maximum atomic E-state index is 13.0. The summed E-state index contributed by atoms with van der Waals surface area (Å²) in [5.41, 5.74) is 7.79. The number of benzene rings is 3. The van der Waals surface area contributed by atoms with E-state index in [1.165, 1.54) is 0 Å². The van der Waals surface area contributed by atoms with E-state index >= 15 is 0 Å². The third-order valence-corrected chi connectivity index (χ3v) is 7.23. The normalized spacial score (nSPS) is 21.4. The molecule has 158 valence electrons. The standard InChI is InChI=1S/C25H24BrN3O2/c26-21-8-4-7-17-13-18(9-10-20(17)21)24(30)28-14-19(15-28)23-22(27)11-12-29(23)25(31)16-5-2-1-3-6-16/h1-10,13,19,22-23H,11-12,14-15,27H2. The van der Waals surface area contributed by atoms with Crippen LogP contribution in [0.2, 0.25) is 0 Å². The Hall–Kier alpha value is -2.70. The predicted octanol–water partition coefficient (Wildman–Crippen LogP) is 3.92. The fourth-order valence-corrected chi connectivity index (χ4v) is 5.39. The molecular formula is C25H24BrN3O2. The van der Waals surface area contributed by atoms with Gasteiger partial charge in [0.2, 0.25) is 0 Å². The highest BCUT2D eigenvalue weighted by Crippen LogP contribution is 2.32. The van der Waals surface area contributed by atoms with Crippen molar-refractivity contribution < 1.29 is 9.59 Å². The van der Waals surface area contributed by atoms with Crippen molar-refractivity contribution in [3.8, 4) is 0 Å². The zero-order valence-corrected chi connectivity index (χ0v) is 18.7. The molecule has 2 unspecified atom stereocenters. The lowest BCUT2D eigenvalue weighted by atomic mass is 9.86. The molecule has 0 radical (unpaired) electrons. The van der Waals surface area contributed by atoms with E-state index in [1.54, 1.807) is 0 Å². The van der Waals surface area contributed by atoms with Gasteiger partial charge in [0.05, 0.1) is 6.04 Å². The number of likely N-dealkylation sites (tertiary alicyclic amines) is 2. The van der Waals surface area contributed by atoms with Crippen LogP contribution in [0.15, 0.2) is 71.2 Å². The second-order valence-corrected chi connectivity index (χ2v) is 9.31. The molecule has 2 amide bonds. The molecule has 3 aromatic carbocycles. The molecule has 2 N–H and O–H groups in total. The Balaban J connectivity index is 1.29. The Kier molecular flexibility index (Phi) is 5.28. The molecule has 5 rings (SSSR count). The number of hydrogen-bond donors (Lipinski definition) is 1. The highest BCUT2D eigenvalue weighted by atomic mass is 79.9. The van der Waals surface area contributed by atoms with Crippen molar-refractivity contribution in [1.82, 2.24) is 9.80 Å². The van der Waals surface area contributed by atoms with Gasteiger partial charge in [-0.05, 0) is 47.5 Å². The number of halogens is 1. The summed E-state index contributed by atoms with van der Waals surface area (Å²) < 4.78 is 1.02. The third-order valence-electron chi connectivity index (χ3n) is 6.54. The van der Waals surface area contributed by atoms with Crippen LogP contribution in [0.25, 0.3) is 10.8 Å². The molecule has 2 aliphatic rings. The van der Waals surface area contributed by atoms with Gasteiger partial charge in [0.15, 0.2) is 0 Å². The van der Waals surface area contributed by atoms with Crippen molar-refractivity contribution in [2.24, 2.45) is 11.7 Å². The minimum absolute atomic E-state index is 0.0238. The Morgan fingerprint density at radius 3 is 2.45 bits per heavy atom. The number of amides is 2. The highest BCUT2D eigenvalue weighted by molar-refractivity contribution is 9.10. The zero-order chi connectivity index (χ0) is 21.5. The summed E-state index contributed by atoms with van der Waals surface area (Å²) in [7, 11) is 0. The van der Waals surface area contributed by atoms with Crippen LogP contribution < -0.4 is 5.73 Å². The number of rotatable bonds is 3. The summed E-state index contributed by atoms with van der Waals surface area (Å²) in [6.07, 6.45) is 0.799. The average Bonchev–Trinajstić information content (AvgIpc) is 3.13. The summed E-state index contributed by atoms with van der Waals surface area (Å²) in [5.74, 6) is 0.276. The van der Waals surface area contributed by atoms with Gasteiger partial charge in [-0.2, -0.15) is 0 Å². The van der Waals surface area contributed by atoms with Crippen molar-refractivity contribution in [2.45, 2.75) is 18.5 Å². The lowest BCUT2D eigenvalue weighted by Gasteiger charge is -2.46. The first-order valence-electron chi connectivity index (χ1n) is 10.6. The van der Waals surface area contributed by atoms with Crippen molar-refractivity contribution in [1.29, 1.82) is 0 Å². The quantitative estimate of drug-likeness (QED) is 0.621. The van der Waals surface area contributed by atoms with Gasteiger partial charge < -0.3 is 15.5 Å². The average molecular weight is 478 g/mol. The number of hydrogen-bond acceptors (Lipinski definition) is 3. The number of nitrogens with zero attached hydrogens (tertiary/aromatic N) is 2. The Labute approximate surface area is 189 Å². The summed E-state index contributed by atoms with van der Waals surface area (Å²) in [5, 5.41) is 2.13. The van der Waals surface area contributed by atoms with Crippen molar-refractivity contribution >= 4 is 38.5 Å². The lowest BCUT2D eigenvalue weighted by molar-refractivity contribution is 0.0244. The molecule has 2 fully saturated rings. The maximum absolute atomic E-state index is 13.0. The number of nitrogens with two attached hydrogens (primary N) is 1. The fraction of sp³-hybridized carbons (Fsp3) is 0.280. The molecule has 2 saturated heterocycles. The van der Waals surface area contributed by atoms with E-state index < -0.39 is 0 Å². The van der Waals surface area contributed by atoms with Crippen molar-refractivity contribution in [2.75, 3.05) is 19.6 Å². The summed E-state index contributed by atoms with van der Waals surface area (Å²) in [4.78, 5) is 29.8. The molecule has 6 heteroatoms. The molecule has 3 aromatic rings. The monoisotopic (exact) mass is 477 g/mol. The van der Waals surface area contributed by atoms with Crippen LogP contribution in [0, 0.1) is 5.92 Å². The second kappa shape index (κ2) is 8.09. The van der Waals surface area contributed by atoms with E-state index in [0.717, 1.165) is 21.7 Å². The zero-order valence-electron chi connectivity index (χ0n) is 17.1. The summed E-state index contributed by atoms with van der Waals surface area (Å²) in [6.45, 7) is 1.93. The maximum Gasteiger partial charge on any atom is 0.254 e. The van der Waals surface area contributed by atoms with E-state index in [1.807, 2.05) is 76.5 Å². The van der Waals surface area contributed by atoms with Crippen LogP contribution in [0.5, 0.6) is 0 Å². The molecule has 0 saturated carbocycles. The highest BCUT2D eigenvalue weighted by Gasteiger charge is 2.46. The predicted molar refractivity (Wildman–Crippen MR) is 125 cm³/mol. The lowest BCUT2D eigenvalue weighted by Crippen LogP contribution is -2.61. The van der Waals surface area contributed by atoms with Crippen LogP contribution in [0.1, 0.15) is 27.1 Å². The molecule has 0 aromatic heterocycles. The van der Waals surface area contributed by atoms with Gasteiger partial charge >= 0.3 is 0 Å². The van der Waals surface area contributed by atoms with Crippen molar-refractivity contribution in [3.63, 3.8) is 0 Å². The molecule has 5 nitrogen and oxygen atoms in total. The largest absolute Gasteiger partial charge is 0.338 e. The fourth-order valence-electron chi connectivity index (χ4n) is 4.88. The van der Waals surface area contributed by atoms with E-state index in [2.05, 4.69) is 15.9 Å². The third kappa shape index (κ3) is 3.64. The van der Waals surface area contributed by atoms with Gasteiger partial charge in [-0.1, -0.05) is 52.3 Å². The molecule has 2 aliphatic heterocycles. The van der Waals surface area contributed by atoms with E-state index in [-0.39, 0.29) is 29.8 Å². The number of fused-ring (bicyclic) bond motifs is 1. The molecule has 0 bridgehead atoms. The van der Waals surface area contributed by atoms with E-state index in [4.69, 9.17) is 5.73 Å². The Morgan fingerprint density at radius 2 is 1.68 bits per heavy atom. The summed E-state index contributed by atoms with van der Waals surface area (Å²) >= 11 is 3.56. The molecule has 2 atom stereocenters. The minimum atomic E-state index is -0.0482. The summed E-state index contributed by atoms with van der Waals surface area (Å²) in [6, 6.07) is 21.1. The Bertz CT molecular complexity index is 1140. The van der Waals surface area contributed by atoms with Crippen LogP contribution in [-0.4, -0.2) is 53.3 Å². The van der Waals surface area contributed by atoms with Gasteiger partial charge in [0.1, 0.15) is 0 Å². The van der Waals surface area contributed by atoms with Crippen LogP contribution in [-0.2, 0) is 0 Å². The van der Waals surface area contributed by atoms with Gasteiger partial charge in [0.25, 0.3) is 11.8 Å². The number of carbonyl (C=O) groups is 2. The van der Waals surface area contributed by atoms with E-state index in [0.29, 0.717) is 30.8 Å². The topological polar surface area (TPSA) is 66.6 Å².